The third-order valence-corrected chi connectivity index (χ3v) is 4.25. The molecule has 2 N–H and O–H groups in total. The van der Waals surface area contributed by atoms with Crippen molar-refractivity contribution < 1.29 is 35.9 Å². The topological polar surface area (TPSA) is 88.9 Å². The fourth-order valence-corrected chi connectivity index (χ4v) is 2.83. The SMILES string of the molecule is Cc1nn(C)c2ncc(C(=O)NC(=O)Nc3cc(C(F)(F)F)ccc3C(F)(F)F)cc12. The quantitative estimate of drug-likeness (QED) is 0.577. The van der Waals surface area contributed by atoms with E-state index in [1.165, 1.54) is 10.7 Å². The van der Waals surface area contributed by atoms with Crippen LogP contribution >= 0.6 is 0 Å². The molecule has 3 aromatic rings. The van der Waals surface area contributed by atoms with Gasteiger partial charge in [0, 0.05) is 18.6 Å². The monoisotopic (exact) mass is 445 g/mol. The fraction of sp³-hybridized carbons (Fsp3) is 0.222. The highest BCUT2D eigenvalue weighted by Gasteiger charge is 2.37. The number of halogens is 6. The van der Waals surface area contributed by atoms with Crippen molar-refractivity contribution in [2.45, 2.75) is 19.3 Å². The van der Waals surface area contributed by atoms with Gasteiger partial charge in [-0.05, 0) is 31.2 Å². The first-order chi connectivity index (χ1) is 14.3. The summed E-state index contributed by atoms with van der Waals surface area (Å²) in [7, 11) is 1.63. The van der Waals surface area contributed by atoms with Gasteiger partial charge in [-0.2, -0.15) is 31.4 Å². The summed E-state index contributed by atoms with van der Waals surface area (Å²) >= 11 is 0. The molecule has 31 heavy (non-hydrogen) atoms. The van der Waals surface area contributed by atoms with E-state index in [9.17, 15) is 35.9 Å². The molecule has 13 heteroatoms. The van der Waals surface area contributed by atoms with E-state index in [0.29, 0.717) is 16.7 Å². The second-order valence-corrected chi connectivity index (χ2v) is 6.47. The molecular weight excluding hydrogens is 432 g/mol. The third-order valence-electron chi connectivity index (χ3n) is 4.25. The number of hydrogen-bond donors (Lipinski definition) is 2. The minimum Gasteiger partial charge on any atom is -0.307 e. The Bertz CT molecular complexity index is 1180. The maximum absolute atomic E-state index is 13.1. The highest BCUT2D eigenvalue weighted by molar-refractivity contribution is 6.09. The Kier molecular flexibility index (Phi) is 5.38. The number of aromatic nitrogens is 3. The average Bonchev–Trinajstić information content (AvgIpc) is 2.93. The van der Waals surface area contributed by atoms with Crippen molar-refractivity contribution in [1.82, 2.24) is 20.1 Å². The molecule has 0 fully saturated rings. The van der Waals surface area contributed by atoms with Gasteiger partial charge in [-0.25, -0.2) is 9.78 Å². The number of benzene rings is 1. The zero-order chi connectivity index (χ0) is 23.1. The van der Waals surface area contributed by atoms with Crippen LogP contribution < -0.4 is 10.6 Å². The Morgan fingerprint density at radius 2 is 1.71 bits per heavy atom. The fourth-order valence-electron chi connectivity index (χ4n) is 2.83. The van der Waals surface area contributed by atoms with Gasteiger partial charge in [0.2, 0.25) is 0 Å². The summed E-state index contributed by atoms with van der Waals surface area (Å²) in [6.07, 6.45) is -8.85. The van der Waals surface area contributed by atoms with Crippen molar-refractivity contribution >= 4 is 28.7 Å². The molecule has 2 heterocycles. The Labute approximate surface area is 170 Å². The molecule has 0 unspecified atom stereocenters. The number of nitrogens with zero attached hydrogens (tertiary/aromatic N) is 3. The van der Waals surface area contributed by atoms with Crippen LogP contribution in [0, 0.1) is 6.92 Å². The molecule has 3 rings (SSSR count). The first-order valence-corrected chi connectivity index (χ1v) is 8.47. The highest BCUT2D eigenvalue weighted by Crippen LogP contribution is 2.38. The molecular formula is C18H13F6N5O2. The molecule has 0 spiro atoms. The molecule has 0 bridgehead atoms. The largest absolute Gasteiger partial charge is 0.418 e. The lowest BCUT2D eigenvalue weighted by Crippen LogP contribution is -2.35. The number of rotatable bonds is 2. The number of fused-ring (bicyclic) bond motifs is 1. The highest BCUT2D eigenvalue weighted by atomic mass is 19.4. The van der Waals surface area contributed by atoms with Gasteiger partial charge in [0.15, 0.2) is 5.65 Å². The summed E-state index contributed by atoms with van der Waals surface area (Å²) < 4.78 is 79.3. The number of carbonyl (C=O) groups is 2. The molecule has 7 nitrogen and oxygen atoms in total. The van der Waals surface area contributed by atoms with E-state index >= 15 is 0 Å². The van der Waals surface area contributed by atoms with Gasteiger partial charge >= 0.3 is 18.4 Å². The van der Waals surface area contributed by atoms with E-state index in [1.54, 1.807) is 24.6 Å². The van der Waals surface area contributed by atoms with Crippen molar-refractivity contribution in [2.24, 2.45) is 7.05 Å². The summed E-state index contributed by atoms with van der Waals surface area (Å²) in [4.78, 5) is 28.3. The van der Waals surface area contributed by atoms with Crippen molar-refractivity contribution in [1.29, 1.82) is 0 Å². The number of amides is 3. The van der Waals surface area contributed by atoms with Gasteiger partial charge in [0.1, 0.15) is 0 Å². The first-order valence-electron chi connectivity index (χ1n) is 8.47. The molecule has 0 saturated carbocycles. The first kappa shape index (κ1) is 22.1. The van der Waals surface area contributed by atoms with Crippen molar-refractivity contribution in [3.8, 4) is 0 Å². The van der Waals surface area contributed by atoms with Gasteiger partial charge in [-0.1, -0.05) is 0 Å². The maximum atomic E-state index is 13.1. The number of imide groups is 1. The van der Waals surface area contributed by atoms with E-state index in [4.69, 9.17) is 0 Å². The lowest BCUT2D eigenvalue weighted by molar-refractivity contribution is -0.140. The van der Waals surface area contributed by atoms with Crippen LogP contribution in [0.15, 0.2) is 30.5 Å². The predicted octanol–water partition coefficient (Wildman–Crippen LogP) is 4.28. The third kappa shape index (κ3) is 4.59. The number of anilines is 1. The minimum atomic E-state index is -5.04. The summed E-state index contributed by atoms with van der Waals surface area (Å²) in [6.45, 7) is 1.66. The lowest BCUT2D eigenvalue weighted by atomic mass is 10.1. The van der Waals surface area contributed by atoms with Crippen molar-refractivity contribution in [2.75, 3.05) is 5.32 Å². The molecule has 164 valence electrons. The van der Waals surface area contributed by atoms with Gasteiger partial charge in [-0.15, -0.1) is 0 Å². The summed E-state index contributed by atoms with van der Waals surface area (Å²) in [5.41, 5.74) is -3.15. The van der Waals surface area contributed by atoms with Crippen molar-refractivity contribution in [3.05, 3.63) is 52.8 Å². The molecule has 0 radical (unpaired) electrons. The molecule has 0 aliphatic heterocycles. The summed E-state index contributed by atoms with van der Waals surface area (Å²) in [5, 5.41) is 8.04. The van der Waals surface area contributed by atoms with E-state index in [0.717, 1.165) is 6.20 Å². The summed E-state index contributed by atoms with van der Waals surface area (Å²) in [6, 6.07) is 0.508. The second kappa shape index (κ2) is 7.56. The van der Waals surface area contributed by atoms with Crippen LogP contribution in [-0.4, -0.2) is 26.7 Å². The van der Waals surface area contributed by atoms with Crippen molar-refractivity contribution in [3.63, 3.8) is 0 Å². The van der Waals surface area contributed by atoms with Gasteiger partial charge in [0.05, 0.1) is 28.1 Å². The van der Waals surface area contributed by atoms with Crippen LogP contribution in [0.2, 0.25) is 0 Å². The molecule has 0 aliphatic rings. The molecule has 0 saturated heterocycles. The Hall–Kier alpha value is -3.64. The molecule has 1 aromatic carbocycles. The van der Waals surface area contributed by atoms with Crippen LogP contribution in [-0.2, 0) is 19.4 Å². The zero-order valence-electron chi connectivity index (χ0n) is 15.8. The lowest BCUT2D eigenvalue weighted by Gasteiger charge is -2.16. The predicted molar refractivity (Wildman–Crippen MR) is 96.2 cm³/mol. The zero-order valence-corrected chi connectivity index (χ0v) is 15.8. The van der Waals surface area contributed by atoms with Crippen LogP contribution in [0.4, 0.5) is 36.8 Å². The minimum absolute atomic E-state index is 0.0983. The summed E-state index contributed by atoms with van der Waals surface area (Å²) in [5.74, 6) is -1.02. The van der Waals surface area contributed by atoms with E-state index in [1.807, 2.05) is 0 Å². The Balaban J connectivity index is 1.84. The van der Waals surface area contributed by atoms with Gasteiger partial charge in [0.25, 0.3) is 5.91 Å². The second-order valence-electron chi connectivity index (χ2n) is 6.47. The van der Waals surface area contributed by atoms with Gasteiger partial charge in [-0.3, -0.25) is 14.8 Å². The standard InChI is InChI=1S/C18H13F6N5O2/c1-8-11-5-9(7-25-14(11)29(2)28-8)15(30)27-16(31)26-13-6-10(17(19,20)21)3-4-12(13)18(22,23)24/h3-7H,1-2H3,(H2,26,27,30,31). The smallest absolute Gasteiger partial charge is 0.307 e. The van der Waals surface area contributed by atoms with E-state index in [2.05, 4.69) is 10.1 Å². The Morgan fingerprint density at radius 1 is 1.03 bits per heavy atom. The number of urea groups is 1. The van der Waals surface area contributed by atoms with Crippen LogP contribution in [0.1, 0.15) is 27.2 Å². The maximum Gasteiger partial charge on any atom is 0.418 e. The van der Waals surface area contributed by atoms with Crippen LogP contribution in [0.5, 0.6) is 0 Å². The molecule has 2 aromatic heterocycles. The number of pyridine rings is 1. The van der Waals surface area contributed by atoms with E-state index < -0.39 is 41.1 Å². The molecule has 0 aliphatic carbocycles. The normalized spacial score (nSPS) is 12.1. The number of nitrogens with one attached hydrogen (secondary N) is 2. The van der Waals surface area contributed by atoms with E-state index in [-0.39, 0.29) is 23.8 Å². The van der Waals surface area contributed by atoms with Crippen LogP contribution in [0.25, 0.3) is 11.0 Å². The van der Waals surface area contributed by atoms with Gasteiger partial charge < -0.3 is 5.32 Å². The molecule has 0 atom stereocenters. The molecule has 3 amide bonds. The number of aryl methyl sites for hydroxylation is 2. The number of hydrogen-bond acceptors (Lipinski definition) is 4. The Morgan fingerprint density at radius 3 is 2.32 bits per heavy atom. The number of carbonyl (C=O) groups excluding carboxylic acids is 2. The van der Waals surface area contributed by atoms with Crippen LogP contribution in [0.3, 0.4) is 0 Å². The number of alkyl halides is 6. The average molecular weight is 445 g/mol.